The number of fused-ring (bicyclic) bond motifs is 1. The first-order valence-electron chi connectivity index (χ1n) is 8.08. The maximum absolute atomic E-state index is 12.7. The average Bonchev–Trinajstić information content (AvgIpc) is 2.70. The lowest BCUT2D eigenvalue weighted by molar-refractivity contribution is -0.131. The normalized spacial score (nSPS) is 19.1. The molecule has 0 radical (unpaired) electrons. The van der Waals surface area contributed by atoms with Gasteiger partial charge in [-0.1, -0.05) is 12.1 Å². The number of aliphatic hydroxyl groups excluding tert-OH is 1. The second-order valence-corrected chi connectivity index (χ2v) is 6.42. The van der Waals surface area contributed by atoms with Crippen LogP contribution in [0.15, 0.2) is 12.1 Å². The van der Waals surface area contributed by atoms with Gasteiger partial charge in [-0.3, -0.25) is 4.79 Å². The molecular formula is C18H24N2O3. The summed E-state index contributed by atoms with van der Waals surface area (Å²) in [5.74, 6) is 0.0412. The van der Waals surface area contributed by atoms with Crippen molar-refractivity contribution in [3.8, 4) is 0 Å². The minimum Gasteiger partial charge on any atom is -0.389 e. The number of aromatic amines is 1. The zero-order valence-electron chi connectivity index (χ0n) is 14.0. The Bertz CT molecular complexity index is 735. The molecule has 1 aliphatic rings. The number of H-pyrrole nitrogens is 1. The number of carbonyl (C=O) groups is 1. The summed E-state index contributed by atoms with van der Waals surface area (Å²) >= 11 is 0. The Morgan fingerprint density at radius 3 is 2.87 bits per heavy atom. The van der Waals surface area contributed by atoms with E-state index in [0.717, 1.165) is 22.2 Å². The zero-order chi connectivity index (χ0) is 16.6. The van der Waals surface area contributed by atoms with Crippen LogP contribution in [0.4, 0.5) is 0 Å². The fourth-order valence-corrected chi connectivity index (χ4v) is 3.31. The van der Waals surface area contributed by atoms with E-state index in [0.29, 0.717) is 32.7 Å². The second-order valence-electron chi connectivity index (χ2n) is 6.42. The van der Waals surface area contributed by atoms with E-state index in [1.54, 1.807) is 4.90 Å². The van der Waals surface area contributed by atoms with Crippen LogP contribution in [0.5, 0.6) is 0 Å². The Balaban J connectivity index is 1.90. The highest BCUT2D eigenvalue weighted by molar-refractivity contribution is 5.93. The van der Waals surface area contributed by atoms with Crippen molar-refractivity contribution in [2.24, 2.45) is 0 Å². The number of carbonyl (C=O) groups excluding carboxylic acids is 1. The van der Waals surface area contributed by atoms with E-state index in [4.69, 9.17) is 4.74 Å². The van der Waals surface area contributed by atoms with Crippen LogP contribution in [0.3, 0.4) is 0 Å². The lowest BCUT2D eigenvalue weighted by atomic mass is 10.0. The molecule has 124 valence electrons. The van der Waals surface area contributed by atoms with Crippen molar-refractivity contribution in [3.63, 3.8) is 0 Å². The number of aryl methyl sites for hydroxylation is 3. The number of rotatable bonds is 2. The number of ether oxygens (including phenoxy) is 1. The summed E-state index contributed by atoms with van der Waals surface area (Å²) in [4.78, 5) is 17.8. The molecule has 23 heavy (non-hydrogen) atoms. The first kappa shape index (κ1) is 16.0. The van der Waals surface area contributed by atoms with Crippen molar-refractivity contribution >= 4 is 16.8 Å². The summed E-state index contributed by atoms with van der Waals surface area (Å²) in [5.41, 5.74) is 5.58. The first-order valence-corrected chi connectivity index (χ1v) is 8.08. The van der Waals surface area contributed by atoms with Crippen LogP contribution in [0, 0.1) is 20.8 Å². The van der Waals surface area contributed by atoms with Gasteiger partial charge in [0.05, 0.1) is 25.7 Å². The van der Waals surface area contributed by atoms with E-state index < -0.39 is 6.10 Å². The maximum atomic E-state index is 12.7. The summed E-state index contributed by atoms with van der Waals surface area (Å²) in [7, 11) is 0. The van der Waals surface area contributed by atoms with Crippen LogP contribution in [0.25, 0.3) is 10.9 Å². The van der Waals surface area contributed by atoms with Crippen LogP contribution in [0.1, 0.15) is 22.4 Å². The van der Waals surface area contributed by atoms with Crippen LogP contribution in [0.2, 0.25) is 0 Å². The number of β-amino-alcohol motifs (C(OH)–C–C–N with tert-alkyl or cyclic N) is 1. The van der Waals surface area contributed by atoms with Gasteiger partial charge in [0, 0.05) is 29.7 Å². The summed E-state index contributed by atoms with van der Waals surface area (Å²) in [5, 5.41) is 11.0. The van der Waals surface area contributed by atoms with Crippen molar-refractivity contribution in [2.75, 3.05) is 26.3 Å². The van der Waals surface area contributed by atoms with Gasteiger partial charge >= 0.3 is 0 Å². The number of hydrogen-bond acceptors (Lipinski definition) is 3. The minimum absolute atomic E-state index is 0.0412. The van der Waals surface area contributed by atoms with Gasteiger partial charge in [0.25, 0.3) is 0 Å². The molecule has 2 heterocycles. The number of nitrogens with one attached hydrogen (secondary N) is 1. The third-order valence-electron chi connectivity index (χ3n) is 4.62. The summed E-state index contributed by atoms with van der Waals surface area (Å²) in [6.45, 7) is 7.83. The first-order chi connectivity index (χ1) is 11.0. The average molecular weight is 316 g/mol. The van der Waals surface area contributed by atoms with Crippen molar-refractivity contribution in [2.45, 2.75) is 33.3 Å². The van der Waals surface area contributed by atoms with Crippen LogP contribution in [-0.4, -0.2) is 53.3 Å². The topological polar surface area (TPSA) is 65.6 Å². The molecule has 1 aromatic carbocycles. The molecule has 1 fully saturated rings. The third kappa shape index (κ3) is 3.12. The monoisotopic (exact) mass is 316 g/mol. The van der Waals surface area contributed by atoms with Crippen LogP contribution in [-0.2, 0) is 16.0 Å². The van der Waals surface area contributed by atoms with Gasteiger partial charge in [-0.15, -0.1) is 0 Å². The molecule has 2 N–H and O–H groups in total. The van der Waals surface area contributed by atoms with Gasteiger partial charge in [-0.25, -0.2) is 0 Å². The Kier molecular flexibility index (Phi) is 4.41. The number of amides is 1. The second kappa shape index (κ2) is 6.34. The fourth-order valence-electron chi connectivity index (χ4n) is 3.31. The number of hydrogen-bond donors (Lipinski definition) is 2. The predicted octanol–water partition coefficient (Wildman–Crippen LogP) is 1.86. The molecule has 1 aromatic heterocycles. The van der Waals surface area contributed by atoms with Gasteiger partial charge in [-0.2, -0.15) is 0 Å². The third-order valence-corrected chi connectivity index (χ3v) is 4.62. The molecular weight excluding hydrogens is 292 g/mol. The predicted molar refractivity (Wildman–Crippen MR) is 89.6 cm³/mol. The number of aliphatic hydroxyl groups is 1. The number of benzene rings is 1. The van der Waals surface area contributed by atoms with E-state index >= 15 is 0 Å². The van der Waals surface area contributed by atoms with Crippen molar-refractivity contribution < 1.29 is 14.6 Å². The van der Waals surface area contributed by atoms with E-state index in [1.165, 1.54) is 11.1 Å². The van der Waals surface area contributed by atoms with Crippen molar-refractivity contribution in [1.29, 1.82) is 0 Å². The van der Waals surface area contributed by atoms with Gasteiger partial charge in [0.1, 0.15) is 0 Å². The Morgan fingerprint density at radius 2 is 2.09 bits per heavy atom. The van der Waals surface area contributed by atoms with Crippen molar-refractivity contribution in [3.05, 3.63) is 34.5 Å². The standard InChI is InChI=1S/C18H24N2O3/c1-11-4-5-12(2)18-17(11)15(13(3)19-18)8-16(22)20-6-7-23-10-14(21)9-20/h4-5,14,19,21H,6-10H2,1-3H3. The molecule has 1 aliphatic heterocycles. The Labute approximate surface area is 136 Å². The molecule has 5 nitrogen and oxygen atoms in total. The molecule has 2 aromatic rings. The molecule has 0 saturated carbocycles. The van der Waals surface area contributed by atoms with Gasteiger partial charge < -0.3 is 19.7 Å². The van der Waals surface area contributed by atoms with Gasteiger partial charge in [0.2, 0.25) is 5.91 Å². The highest BCUT2D eigenvalue weighted by atomic mass is 16.5. The lowest BCUT2D eigenvalue weighted by Crippen LogP contribution is -2.38. The largest absolute Gasteiger partial charge is 0.389 e. The zero-order valence-corrected chi connectivity index (χ0v) is 14.0. The number of aromatic nitrogens is 1. The molecule has 0 bridgehead atoms. The molecule has 1 unspecified atom stereocenters. The van der Waals surface area contributed by atoms with Crippen LogP contribution >= 0.6 is 0 Å². The molecule has 1 amide bonds. The van der Waals surface area contributed by atoms with Crippen LogP contribution < -0.4 is 0 Å². The summed E-state index contributed by atoms with van der Waals surface area (Å²) in [6, 6.07) is 4.20. The number of nitrogens with zero attached hydrogens (tertiary/aromatic N) is 1. The van der Waals surface area contributed by atoms with E-state index in [-0.39, 0.29) is 5.91 Å². The molecule has 5 heteroatoms. The summed E-state index contributed by atoms with van der Waals surface area (Å²) < 4.78 is 5.30. The SMILES string of the molecule is Cc1[nH]c2c(C)ccc(C)c2c1CC(=O)N1CCOCC(O)C1. The molecule has 1 atom stereocenters. The minimum atomic E-state index is -0.602. The van der Waals surface area contributed by atoms with E-state index in [1.807, 2.05) is 6.92 Å². The summed E-state index contributed by atoms with van der Waals surface area (Å²) in [6.07, 6.45) is -0.252. The van der Waals surface area contributed by atoms with Gasteiger partial charge in [-0.05, 0) is 37.5 Å². The highest BCUT2D eigenvalue weighted by Gasteiger charge is 2.23. The highest BCUT2D eigenvalue weighted by Crippen LogP contribution is 2.28. The van der Waals surface area contributed by atoms with E-state index in [2.05, 4.69) is 31.0 Å². The molecule has 0 aliphatic carbocycles. The van der Waals surface area contributed by atoms with Crippen molar-refractivity contribution in [1.82, 2.24) is 9.88 Å². The smallest absolute Gasteiger partial charge is 0.227 e. The fraction of sp³-hybridized carbons (Fsp3) is 0.500. The Morgan fingerprint density at radius 1 is 1.35 bits per heavy atom. The van der Waals surface area contributed by atoms with E-state index in [9.17, 15) is 9.90 Å². The lowest BCUT2D eigenvalue weighted by Gasteiger charge is -2.21. The van der Waals surface area contributed by atoms with Gasteiger partial charge in [0.15, 0.2) is 0 Å². The Hall–Kier alpha value is -1.85. The molecule has 3 rings (SSSR count). The molecule has 0 spiro atoms. The quantitative estimate of drug-likeness (QED) is 0.889. The maximum Gasteiger partial charge on any atom is 0.227 e. The molecule has 1 saturated heterocycles.